The number of benzene rings is 2. The third-order valence-electron chi connectivity index (χ3n) is 6.38. The van der Waals surface area contributed by atoms with Crippen molar-refractivity contribution in [3.63, 3.8) is 0 Å². The van der Waals surface area contributed by atoms with Gasteiger partial charge in [0.2, 0.25) is 5.88 Å². The van der Waals surface area contributed by atoms with Crippen molar-refractivity contribution in [1.29, 1.82) is 0 Å². The van der Waals surface area contributed by atoms with E-state index in [0.29, 0.717) is 25.4 Å². The van der Waals surface area contributed by atoms with Crippen LogP contribution in [-0.2, 0) is 29.4 Å². The maximum atomic E-state index is 13.2. The Morgan fingerprint density at radius 3 is 2.29 bits per heavy atom. The molecule has 0 bridgehead atoms. The Morgan fingerprint density at radius 1 is 0.927 bits per heavy atom. The van der Waals surface area contributed by atoms with Crippen molar-refractivity contribution >= 4 is 5.97 Å². The van der Waals surface area contributed by atoms with Crippen molar-refractivity contribution in [2.75, 3.05) is 6.61 Å². The summed E-state index contributed by atoms with van der Waals surface area (Å²) in [6, 6.07) is 16.9. The summed E-state index contributed by atoms with van der Waals surface area (Å²) in [5.41, 5.74) is 2.05. The molecule has 0 spiro atoms. The summed E-state index contributed by atoms with van der Waals surface area (Å²) in [5, 5.41) is 12.0. The van der Waals surface area contributed by atoms with Crippen LogP contribution in [0.4, 0.5) is 0 Å². The molecule has 0 atom stereocenters. The van der Waals surface area contributed by atoms with Gasteiger partial charge in [0.25, 0.3) is 5.56 Å². The largest absolute Gasteiger partial charge is 0.479 e. The fourth-order valence-electron chi connectivity index (χ4n) is 4.22. The van der Waals surface area contributed by atoms with E-state index in [1.54, 1.807) is 20.8 Å². The molecule has 0 saturated heterocycles. The Balaban J connectivity index is 1.63. The monoisotopic (exact) mass is 560 g/mol. The zero-order valence-electron chi connectivity index (χ0n) is 24.2. The molecule has 0 saturated carbocycles. The highest BCUT2D eigenvalue weighted by molar-refractivity contribution is 5.80. The van der Waals surface area contributed by atoms with Gasteiger partial charge in [-0.25, -0.2) is 4.79 Å². The molecule has 4 rings (SSSR count). The molecule has 2 aromatic carbocycles. The second kappa shape index (κ2) is 12.8. The van der Waals surface area contributed by atoms with Crippen molar-refractivity contribution in [1.82, 2.24) is 29.3 Å². The fourth-order valence-corrected chi connectivity index (χ4v) is 4.22. The maximum Gasteiger partial charge on any atom is 0.334 e. The lowest BCUT2D eigenvalue weighted by Crippen LogP contribution is -2.40. The van der Waals surface area contributed by atoms with Crippen molar-refractivity contribution in [3.8, 4) is 28.4 Å². The van der Waals surface area contributed by atoms with Crippen LogP contribution in [0, 0.1) is 5.41 Å². The molecule has 0 N–H and O–H groups in total. The summed E-state index contributed by atoms with van der Waals surface area (Å²) >= 11 is 0. The molecular weight excluding hydrogens is 524 g/mol. The number of esters is 1. The van der Waals surface area contributed by atoms with E-state index in [-0.39, 0.29) is 36.4 Å². The van der Waals surface area contributed by atoms with E-state index in [9.17, 15) is 14.4 Å². The normalized spacial score (nSPS) is 11.4. The number of hydrogen-bond donors (Lipinski definition) is 0. The van der Waals surface area contributed by atoms with Gasteiger partial charge in [0.1, 0.15) is 0 Å². The molecule has 0 aliphatic carbocycles. The zero-order valence-corrected chi connectivity index (χ0v) is 24.2. The van der Waals surface area contributed by atoms with Crippen LogP contribution in [0.3, 0.4) is 0 Å². The first-order valence-electron chi connectivity index (χ1n) is 13.7. The Labute approximate surface area is 238 Å². The fraction of sp³-hybridized carbons (Fsp3) is 0.400. The Hall–Kier alpha value is -4.54. The molecule has 4 aromatic rings. The highest BCUT2D eigenvalue weighted by atomic mass is 16.5. The van der Waals surface area contributed by atoms with Gasteiger partial charge < -0.3 is 9.47 Å². The van der Waals surface area contributed by atoms with Gasteiger partial charge in [0, 0.05) is 12.1 Å². The average molecular weight is 561 g/mol. The number of hydrogen-bond acceptors (Lipinski definition) is 8. The van der Waals surface area contributed by atoms with E-state index in [2.05, 4.69) is 15.5 Å². The minimum Gasteiger partial charge on any atom is -0.479 e. The maximum absolute atomic E-state index is 13.2. The number of rotatable bonds is 11. The van der Waals surface area contributed by atoms with E-state index in [1.165, 1.54) is 19.9 Å². The number of tetrazole rings is 1. The van der Waals surface area contributed by atoms with E-state index in [0.717, 1.165) is 28.7 Å². The van der Waals surface area contributed by atoms with Crippen LogP contribution < -0.4 is 16.0 Å². The second-order valence-corrected chi connectivity index (χ2v) is 10.7. The van der Waals surface area contributed by atoms with Gasteiger partial charge in [-0.15, -0.1) is 5.10 Å². The molecular formula is C30H36N6O5. The van der Waals surface area contributed by atoms with Crippen LogP contribution in [0.25, 0.3) is 22.5 Å². The Bertz CT molecular complexity index is 1610. The highest BCUT2D eigenvalue weighted by Crippen LogP contribution is 2.31. The van der Waals surface area contributed by atoms with Crippen LogP contribution in [0.1, 0.15) is 53.0 Å². The summed E-state index contributed by atoms with van der Waals surface area (Å²) in [6.45, 7) is 10.1. The first-order valence-corrected chi connectivity index (χ1v) is 13.7. The van der Waals surface area contributed by atoms with E-state index in [4.69, 9.17) is 9.47 Å². The van der Waals surface area contributed by atoms with Gasteiger partial charge in [-0.05, 0) is 60.7 Å². The molecule has 0 aliphatic heterocycles. The third kappa shape index (κ3) is 6.79. The van der Waals surface area contributed by atoms with E-state index < -0.39 is 5.41 Å². The first kappa shape index (κ1) is 29.4. The van der Waals surface area contributed by atoms with Crippen LogP contribution in [0.5, 0.6) is 5.88 Å². The SMILES string of the molecule is CCCOc1cc(=O)n(CCC)c(=O)n1Cc1ccc(-c2ccccc2-c2nnnn2COC(=O)C(C)(C)C)cc1. The van der Waals surface area contributed by atoms with Gasteiger partial charge in [0.15, 0.2) is 12.6 Å². The summed E-state index contributed by atoms with van der Waals surface area (Å²) < 4.78 is 15.4. The molecule has 41 heavy (non-hydrogen) atoms. The van der Waals surface area contributed by atoms with Crippen molar-refractivity contribution in [3.05, 3.63) is 81.0 Å². The molecule has 2 aromatic heterocycles. The standard InChI is InChI=1S/C30H36N6O5/c1-6-16-34-25(37)18-26(40-17-7-2)35(29(34)39)19-21-12-14-22(15-13-21)23-10-8-9-11-24(23)27-31-32-33-36(27)20-41-28(38)30(3,4)5/h8-15,18H,6-7,16-17,19-20H2,1-5H3. The van der Waals surface area contributed by atoms with Crippen molar-refractivity contribution in [2.45, 2.75) is 67.3 Å². The van der Waals surface area contributed by atoms with Gasteiger partial charge in [-0.3, -0.25) is 18.7 Å². The van der Waals surface area contributed by atoms with E-state index in [1.807, 2.05) is 62.4 Å². The highest BCUT2D eigenvalue weighted by Gasteiger charge is 2.24. The summed E-state index contributed by atoms with van der Waals surface area (Å²) in [5.74, 6) is 0.381. The van der Waals surface area contributed by atoms with Gasteiger partial charge in [-0.2, -0.15) is 4.68 Å². The predicted molar refractivity (Wildman–Crippen MR) is 154 cm³/mol. The third-order valence-corrected chi connectivity index (χ3v) is 6.38. The van der Waals surface area contributed by atoms with Crippen molar-refractivity contribution < 1.29 is 14.3 Å². The average Bonchev–Trinajstić information content (AvgIpc) is 3.43. The first-order chi connectivity index (χ1) is 19.6. The molecule has 0 unspecified atom stereocenters. The quantitative estimate of drug-likeness (QED) is 0.251. The minimum absolute atomic E-state index is 0.108. The minimum atomic E-state index is -0.644. The van der Waals surface area contributed by atoms with Crippen LogP contribution in [0.15, 0.2) is 64.2 Å². The molecule has 0 aliphatic rings. The molecule has 11 heteroatoms. The molecule has 0 amide bonds. The van der Waals surface area contributed by atoms with Crippen LogP contribution in [-0.4, -0.2) is 41.9 Å². The molecule has 11 nitrogen and oxygen atoms in total. The van der Waals surface area contributed by atoms with Gasteiger partial charge in [-0.1, -0.05) is 62.4 Å². The summed E-state index contributed by atoms with van der Waals surface area (Å²) in [6.07, 6.45) is 1.42. The molecule has 2 heterocycles. The second-order valence-electron chi connectivity index (χ2n) is 10.7. The smallest absolute Gasteiger partial charge is 0.334 e. The lowest BCUT2D eigenvalue weighted by molar-refractivity contribution is -0.157. The van der Waals surface area contributed by atoms with E-state index >= 15 is 0 Å². The molecule has 0 radical (unpaired) electrons. The van der Waals surface area contributed by atoms with Gasteiger partial charge in [0.05, 0.1) is 24.6 Å². The topological polar surface area (TPSA) is 123 Å². The predicted octanol–water partition coefficient (Wildman–Crippen LogP) is 4.12. The lowest BCUT2D eigenvalue weighted by Gasteiger charge is -2.17. The van der Waals surface area contributed by atoms with Crippen LogP contribution >= 0.6 is 0 Å². The summed E-state index contributed by atoms with van der Waals surface area (Å²) in [4.78, 5) is 38.0. The molecule has 0 fully saturated rings. The van der Waals surface area contributed by atoms with Gasteiger partial charge >= 0.3 is 11.7 Å². The van der Waals surface area contributed by atoms with Crippen molar-refractivity contribution in [2.24, 2.45) is 5.41 Å². The number of nitrogens with zero attached hydrogens (tertiary/aromatic N) is 6. The number of carbonyl (C=O) groups excluding carboxylic acids is 1. The Kier molecular flexibility index (Phi) is 9.16. The van der Waals surface area contributed by atoms with Crippen LogP contribution in [0.2, 0.25) is 0 Å². The number of ether oxygens (including phenoxy) is 2. The summed E-state index contributed by atoms with van der Waals surface area (Å²) in [7, 11) is 0. The zero-order chi connectivity index (χ0) is 29.6. The Morgan fingerprint density at radius 2 is 1.63 bits per heavy atom. The lowest BCUT2D eigenvalue weighted by atomic mass is 9.97. The number of aromatic nitrogens is 6. The molecule has 216 valence electrons. The number of carbonyl (C=O) groups is 1.